The highest BCUT2D eigenvalue weighted by molar-refractivity contribution is 5.93. The molecular formula is C23H32N6O6. The van der Waals surface area contributed by atoms with E-state index in [2.05, 4.69) is 31.7 Å². The second-order valence-corrected chi connectivity index (χ2v) is 8.12. The molecular weight excluding hydrogens is 456 g/mol. The highest BCUT2D eigenvalue weighted by Gasteiger charge is 2.29. The molecule has 2 amide bonds. The SMILES string of the molecule is O=C(NC(CNC(=O)C1CC(CCCCNC2NC=CCN2)=NO1)C(=O)O)OCc1ccccc1. The smallest absolute Gasteiger partial charge is 0.408 e. The Labute approximate surface area is 203 Å². The number of carbonyl (C=O) groups is 3. The van der Waals surface area contributed by atoms with Crippen LogP contribution in [0.5, 0.6) is 0 Å². The van der Waals surface area contributed by atoms with Crippen molar-refractivity contribution in [2.45, 2.75) is 50.7 Å². The number of hydrogen-bond acceptors (Lipinski definition) is 9. The lowest BCUT2D eigenvalue weighted by Gasteiger charge is -2.22. The van der Waals surface area contributed by atoms with E-state index in [0.29, 0.717) is 12.8 Å². The fourth-order valence-electron chi connectivity index (χ4n) is 3.44. The van der Waals surface area contributed by atoms with Crippen molar-refractivity contribution in [3.8, 4) is 0 Å². The Balaban J connectivity index is 1.29. The monoisotopic (exact) mass is 488 g/mol. The lowest BCUT2D eigenvalue weighted by atomic mass is 10.1. The van der Waals surface area contributed by atoms with Gasteiger partial charge in [-0.25, -0.2) is 9.59 Å². The van der Waals surface area contributed by atoms with Gasteiger partial charge >= 0.3 is 12.1 Å². The second-order valence-electron chi connectivity index (χ2n) is 8.12. The molecule has 3 unspecified atom stereocenters. The van der Waals surface area contributed by atoms with Crippen molar-refractivity contribution in [2.75, 3.05) is 19.6 Å². The third-order valence-corrected chi connectivity index (χ3v) is 5.37. The molecule has 12 nitrogen and oxygen atoms in total. The molecule has 190 valence electrons. The van der Waals surface area contributed by atoms with E-state index in [0.717, 1.165) is 37.2 Å². The van der Waals surface area contributed by atoms with Gasteiger partial charge < -0.3 is 30.6 Å². The first kappa shape index (κ1) is 26.0. The number of amides is 2. The van der Waals surface area contributed by atoms with Crippen LogP contribution in [0.4, 0.5) is 4.79 Å². The summed E-state index contributed by atoms with van der Waals surface area (Å²) in [6, 6.07) is 7.65. The molecule has 2 aliphatic heterocycles. The molecule has 0 bridgehead atoms. The number of benzene rings is 1. The molecule has 0 aliphatic carbocycles. The summed E-state index contributed by atoms with van der Waals surface area (Å²) in [7, 11) is 0. The summed E-state index contributed by atoms with van der Waals surface area (Å²) >= 11 is 0. The van der Waals surface area contributed by atoms with Crippen LogP contribution in [0.1, 0.15) is 31.2 Å². The second kappa shape index (κ2) is 13.9. The highest BCUT2D eigenvalue weighted by atomic mass is 16.6. The van der Waals surface area contributed by atoms with Gasteiger partial charge in [0.15, 0.2) is 0 Å². The third-order valence-electron chi connectivity index (χ3n) is 5.37. The van der Waals surface area contributed by atoms with E-state index in [1.165, 1.54) is 0 Å². The van der Waals surface area contributed by atoms with Crippen LogP contribution in [0.2, 0.25) is 0 Å². The number of ether oxygens (including phenoxy) is 1. The summed E-state index contributed by atoms with van der Waals surface area (Å²) in [6.45, 7) is 1.34. The van der Waals surface area contributed by atoms with Gasteiger partial charge in [-0.15, -0.1) is 0 Å². The molecule has 2 heterocycles. The molecule has 3 rings (SSSR count). The lowest BCUT2D eigenvalue weighted by Crippen LogP contribution is -2.53. The first-order valence-corrected chi connectivity index (χ1v) is 11.6. The van der Waals surface area contributed by atoms with Crippen LogP contribution in [0, 0.1) is 0 Å². The number of oxime groups is 1. The van der Waals surface area contributed by atoms with E-state index >= 15 is 0 Å². The third kappa shape index (κ3) is 9.26. The van der Waals surface area contributed by atoms with Crippen molar-refractivity contribution < 1.29 is 29.1 Å². The van der Waals surface area contributed by atoms with E-state index in [-0.39, 0.29) is 19.4 Å². The Hall–Kier alpha value is -3.64. The molecule has 0 spiro atoms. The van der Waals surface area contributed by atoms with Gasteiger partial charge in [0.05, 0.1) is 5.71 Å². The summed E-state index contributed by atoms with van der Waals surface area (Å²) in [5, 5.41) is 27.8. The minimum Gasteiger partial charge on any atom is -0.480 e. The number of hydrogen-bond donors (Lipinski definition) is 6. The van der Waals surface area contributed by atoms with Crippen molar-refractivity contribution >= 4 is 23.7 Å². The highest BCUT2D eigenvalue weighted by Crippen LogP contribution is 2.15. The molecule has 1 aromatic carbocycles. The Morgan fingerprint density at radius 1 is 1.23 bits per heavy atom. The van der Waals surface area contributed by atoms with Crippen LogP contribution >= 0.6 is 0 Å². The average Bonchev–Trinajstić information content (AvgIpc) is 3.35. The quantitative estimate of drug-likeness (QED) is 0.216. The summed E-state index contributed by atoms with van der Waals surface area (Å²) in [5.74, 6) is -1.78. The molecule has 1 aromatic rings. The molecule has 0 aromatic heterocycles. The van der Waals surface area contributed by atoms with Crippen LogP contribution in [0.25, 0.3) is 0 Å². The van der Waals surface area contributed by atoms with Gasteiger partial charge in [-0.2, -0.15) is 0 Å². The van der Waals surface area contributed by atoms with E-state index < -0.39 is 30.1 Å². The van der Waals surface area contributed by atoms with Crippen molar-refractivity contribution in [3.05, 3.63) is 48.2 Å². The zero-order valence-corrected chi connectivity index (χ0v) is 19.4. The topological polar surface area (TPSA) is 162 Å². The fourth-order valence-corrected chi connectivity index (χ4v) is 3.44. The van der Waals surface area contributed by atoms with Gasteiger partial charge in [-0.05, 0) is 37.6 Å². The van der Waals surface area contributed by atoms with Gasteiger partial charge in [0.2, 0.25) is 6.10 Å². The molecule has 0 saturated carbocycles. The predicted octanol–water partition coefficient (Wildman–Crippen LogP) is 0.377. The molecule has 35 heavy (non-hydrogen) atoms. The minimum atomic E-state index is -1.35. The standard InChI is InChI=1S/C23H32N6O6/c30-20(19-13-17(29-35-19)9-4-5-10-24-22-25-11-6-12-26-22)27-14-18(21(31)32)28-23(33)34-15-16-7-2-1-3-8-16/h1-3,6-8,11,18-19,22,24-26H,4-5,9-10,12-15H2,(H,27,30)(H,28,33)(H,31,32). The number of unbranched alkanes of at least 4 members (excludes halogenated alkanes) is 1. The normalized spacial score (nSPS) is 19.6. The number of alkyl carbamates (subject to hydrolysis) is 1. The van der Waals surface area contributed by atoms with Gasteiger partial charge in [0.25, 0.3) is 5.91 Å². The maximum absolute atomic E-state index is 12.4. The molecule has 12 heteroatoms. The largest absolute Gasteiger partial charge is 0.480 e. The Kier molecular flexibility index (Phi) is 10.3. The fraction of sp³-hybridized carbons (Fsp3) is 0.478. The maximum Gasteiger partial charge on any atom is 0.408 e. The lowest BCUT2D eigenvalue weighted by molar-refractivity contribution is -0.139. The number of aliphatic carboxylic acids is 1. The van der Waals surface area contributed by atoms with Gasteiger partial charge in [-0.1, -0.05) is 41.6 Å². The van der Waals surface area contributed by atoms with Crippen molar-refractivity contribution in [3.63, 3.8) is 0 Å². The summed E-state index contributed by atoms with van der Waals surface area (Å²) in [6.07, 6.45) is 5.16. The van der Waals surface area contributed by atoms with Gasteiger partial charge in [0.1, 0.15) is 18.9 Å². The van der Waals surface area contributed by atoms with Crippen LogP contribution in [-0.2, 0) is 25.8 Å². The van der Waals surface area contributed by atoms with Crippen LogP contribution < -0.4 is 26.6 Å². The molecule has 3 atom stereocenters. The summed E-state index contributed by atoms with van der Waals surface area (Å²) in [4.78, 5) is 41.0. The Morgan fingerprint density at radius 2 is 2.06 bits per heavy atom. The van der Waals surface area contributed by atoms with Crippen LogP contribution in [-0.4, -0.2) is 66.9 Å². The maximum atomic E-state index is 12.4. The minimum absolute atomic E-state index is 0.00314. The zero-order chi connectivity index (χ0) is 24.9. The van der Waals surface area contributed by atoms with Gasteiger partial charge in [-0.3, -0.25) is 15.4 Å². The van der Waals surface area contributed by atoms with Crippen LogP contribution in [0.15, 0.2) is 47.8 Å². The zero-order valence-electron chi connectivity index (χ0n) is 19.4. The number of nitrogens with one attached hydrogen (secondary N) is 5. The van der Waals surface area contributed by atoms with E-state index in [1.807, 2.05) is 18.3 Å². The molecule has 0 radical (unpaired) electrons. The first-order valence-electron chi connectivity index (χ1n) is 11.6. The summed E-state index contributed by atoms with van der Waals surface area (Å²) in [5.41, 5.74) is 1.56. The number of carbonyl (C=O) groups excluding carboxylic acids is 2. The predicted molar refractivity (Wildman–Crippen MR) is 127 cm³/mol. The van der Waals surface area contributed by atoms with Crippen molar-refractivity contribution in [2.24, 2.45) is 5.16 Å². The number of carboxylic acid groups (broad SMARTS) is 1. The average molecular weight is 489 g/mol. The number of nitrogens with zero attached hydrogens (tertiary/aromatic N) is 1. The molecule has 0 saturated heterocycles. The molecule has 0 fully saturated rings. The first-order chi connectivity index (χ1) is 17.0. The molecule has 2 aliphatic rings. The number of carboxylic acids is 1. The van der Waals surface area contributed by atoms with E-state index in [4.69, 9.17) is 9.57 Å². The van der Waals surface area contributed by atoms with Gasteiger partial charge in [0, 0.05) is 19.5 Å². The molecule has 6 N–H and O–H groups in total. The van der Waals surface area contributed by atoms with Crippen LogP contribution in [0.3, 0.4) is 0 Å². The Bertz CT molecular complexity index is 909. The van der Waals surface area contributed by atoms with Crippen molar-refractivity contribution in [1.29, 1.82) is 0 Å². The Morgan fingerprint density at radius 3 is 2.80 bits per heavy atom. The number of rotatable bonds is 13. The van der Waals surface area contributed by atoms with E-state index in [1.54, 1.807) is 24.3 Å². The summed E-state index contributed by atoms with van der Waals surface area (Å²) < 4.78 is 5.04. The van der Waals surface area contributed by atoms with E-state index in [9.17, 15) is 19.5 Å². The van der Waals surface area contributed by atoms with Crippen molar-refractivity contribution in [1.82, 2.24) is 26.6 Å².